The molecule has 0 amide bonds. The van der Waals surface area contributed by atoms with E-state index < -0.39 is 0 Å². The van der Waals surface area contributed by atoms with Crippen molar-refractivity contribution in [2.24, 2.45) is 5.41 Å². The number of nitrogens with zero attached hydrogens (tertiary/aromatic N) is 2. The maximum Gasteiger partial charge on any atom is 0.143 e. The number of aromatic nitrogens is 2. The molecule has 2 rings (SSSR count). The van der Waals surface area contributed by atoms with Crippen molar-refractivity contribution in [2.45, 2.75) is 27.2 Å². The highest BCUT2D eigenvalue weighted by Crippen LogP contribution is 2.22. The molecule has 3 heteroatoms. The summed E-state index contributed by atoms with van der Waals surface area (Å²) in [4.78, 5) is 9.84. The Morgan fingerprint density at radius 3 is 2.79 bits per heavy atom. The molecule has 0 aliphatic rings. The van der Waals surface area contributed by atoms with Crippen LogP contribution >= 0.6 is 11.3 Å². The minimum atomic E-state index is 0.297. The lowest BCUT2D eigenvalue weighted by atomic mass is 9.90. The van der Waals surface area contributed by atoms with Crippen molar-refractivity contribution < 1.29 is 0 Å². The van der Waals surface area contributed by atoms with Gasteiger partial charge in [-0.2, -0.15) is 0 Å². The molecule has 0 fully saturated rings. The average Bonchev–Trinajstić information content (AvgIpc) is 2.47. The molecule has 0 aromatic carbocycles. The molecule has 0 unspecified atom stereocenters. The minimum Gasteiger partial charge on any atom is -0.243 e. The number of rotatable bonds is 1. The van der Waals surface area contributed by atoms with Crippen LogP contribution in [0.1, 0.15) is 26.5 Å². The van der Waals surface area contributed by atoms with Crippen LogP contribution in [0.5, 0.6) is 0 Å². The van der Waals surface area contributed by atoms with Gasteiger partial charge in [0.05, 0.1) is 11.0 Å². The van der Waals surface area contributed by atoms with Gasteiger partial charge < -0.3 is 0 Å². The summed E-state index contributed by atoms with van der Waals surface area (Å²) in [7, 11) is 0. The normalized spacial score (nSPS) is 12.2. The van der Waals surface area contributed by atoms with Gasteiger partial charge in [0.2, 0.25) is 0 Å². The van der Waals surface area contributed by atoms with Crippen molar-refractivity contribution >= 4 is 21.7 Å². The van der Waals surface area contributed by atoms with E-state index in [-0.39, 0.29) is 0 Å². The number of hydrogen-bond donors (Lipinski definition) is 0. The fourth-order valence-corrected chi connectivity index (χ4v) is 2.11. The van der Waals surface area contributed by atoms with E-state index in [4.69, 9.17) is 0 Å². The van der Waals surface area contributed by atoms with Crippen LogP contribution in [0, 0.1) is 5.41 Å². The Morgan fingerprint density at radius 2 is 2.07 bits per heavy atom. The second-order valence-corrected chi connectivity index (χ2v) is 5.55. The third-order valence-electron chi connectivity index (χ3n) is 1.97. The van der Waals surface area contributed by atoms with E-state index in [2.05, 4.69) is 42.9 Å². The van der Waals surface area contributed by atoms with Crippen LogP contribution in [-0.4, -0.2) is 9.97 Å². The second kappa shape index (κ2) is 3.31. The molecule has 2 nitrogen and oxygen atoms in total. The third kappa shape index (κ3) is 2.10. The van der Waals surface area contributed by atoms with Crippen molar-refractivity contribution in [1.29, 1.82) is 0 Å². The van der Waals surface area contributed by atoms with Gasteiger partial charge in [0.15, 0.2) is 0 Å². The van der Waals surface area contributed by atoms with Gasteiger partial charge in [0.1, 0.15) is 4.83 Å². The van der Waals surface area contributed by atoms with Crippen molar-refractivity contribution in [1.82, 2.24) is 9.97 Å². The van der Waals surface area contributed by atoms with Gasteiger partial charge in [-0.05, 0) is 24.0 Å². The van der Waals surface area contributed by atoms with Crippen LogP contribution in [0.4, 0.5) is 0 Å². The summed E-state index contributed by atoms with van der Waals surface area (Å²) in [6.45, 7) is 6.68. The van der Waals surface area contributed by atoms with Gasteiger partial charge in [0, 0.05) is 5.69 Å². The fourth-order valence-electron chi connectivity index (χ4n) is 1.43. The highest BCUT2D eigenvalue weighted by molar-refractivity contribution is 7.16. The molecular formula is C11H14N2S. The highest BCUT2D eigenvalue weighted by atomic mass is 32.1. The zero-order valence-corrected chi connectivity index (χ0v) is 9.56. The molecule has 2 aromatic heterocycles. The van der Waals surface area contributed by atoms with E-state index >= 15 is 0 Å². The van der Waals surface area contributed by atoms with Crippen molar-refractivity contribution in [2.75, 3.05) is 0 Å². The standard InChI is InChI=1S/C11H14N2S/c1-11(2,3)6-8-4-5-9-10(13-8)14-7-12-9/h4-5,7H,6H2,1-3H3. The van der Waals surface area contributed by atoms with E-state index in [1.165, 1.54) is 0 Å². The topological polar surface area (TPSA) is 25.8 Å². The predicted molar refractivity (Wildman–Crippen MR) is 60.6 cm³/mol. The Kier molecular flexibility index (Phi) is 2.27. The zero-order chi connectivity index (χ0) is 10.2. The first-order chi connectivity index (χ1) is 6.54. The maximum absolute atomic E-state index is 4.58. The molecule has 0 spiro atoms. The summed E-state index contributed by atoms with van der Waals surface area (Å²) in [5.41, 5.74) is 4.31. The molecule has 0 N–H and O–H groups in total. The summed E-state index contributed by atoms with van der Waals surface area (Å²) in [6.07, 6.45) is 1.01. The van der Waals surface area contributed by atoms with Gasteiger partial charge in [-0.25, -0.2) is 9.97 Å². The summed E-state index contributed by atoms with van der Waals surface area (Å²) in [6, 6.07) is 4.13. The van der Waals surface area contributed by atoms with Crippen LogP contribution in [0.15, 0.2) is 17.6 Å². The molecule has 14 heavy (non-hydrogen) atoms. The Bertz CT molecular complexity index is 440. The van der Waals surface area contributed by atoms with E-state index in [1.807, 2.05) is 5.51 Å². The Morgan fingerprint density at radius 1 is 1.29 bits per heavy atom. The number of thiazole rings is 1. The lowest BCUT2D eigenvalue weighted by Crippen LogP contribution is -2.10. The predicted octanol–water partition coefficient (Wildman–Crippen LogP) is 3.28. The smallest absolute Gasteiger partial charge is 0.143 e. The van der Waals surface area contributed by atoms with Crippen molar-refractivity contribution in [3.8, 4) is 0 Å². The Labute approximate surface area is 88.0 Å². The first-order valence-corrected chi connectivity index (χ1v) is 5.62. The van der Waals surface area contributed by atoms with Crippen LogP contribution in [0.2, 0.25) is 0 Å². The molecule has 0 aliphatic carbocycles. The van der Waals surface area contributed by atoms with Crippen molar-refractivity contribution in [3.05, 3.63) is 23.3 Å². The van der Waals surface area contributed by atoms with Gasteiger partial charge >= 0.3 is 0 Å². The molecule has 74 valence electrons. The van der Waals surface area contributed by atoms with E-state index in [1.54, 1.807) is 11.3 Å². The average molecular weight is 206 g/mol. The second-order valence-electron chi connectivity index (χ2n) is 4.72. The highest BCUT2D eigenvalue weighted by Gasteiger charge is 2.12. The van der Waals surface area contributed by atoms with Gasteiger partial charge in [-0.15, -0.1) is 11.3 Å². The third-order valence-corrected chi connectivity index (χ3v) is 2.70. The molecule has 2 heterocycles. The summed E-state index contributed by atoms with van der Waals surface area (Å²) in [5.74, 6) is 0. The van der Waals surface area contributed by atoms with E-state index in [0.29, 0.717) is 5.41 Å². The van der Waals surface area contributed by atoms with Gasteiger partial charge in [-0.3, -0.25) is 0 Å². The molecule has 0 saturated carbocycles. The monoisotopic (exact) mass is 206 g/mol. The van der Waals surface area contributed by atoms with E-state index in [9.17, 15) is 0 Å². The Hall–Kier alpha value is -0.960. The lowest BCUT2D eigenvalue weighted by molar-refractivity contribution is 0.407. The Balaban J connectivity index is 2.35. The van der Waals surface area contributed by atoms with Crippen LogP contribution in [0.3, 0.4) is 0 Å². The quantitative estimate of drug-likeness (QED) is 0.715. The summed E-state index contributed by atoms with van der Waals surface area (Å²) >= 11 is 1.61. The SMILES string of the molecule is CC(C)(C)Cc1ccc2ncsc2n1. The fraction of sp³-hybridized carbons (Fsp3) is 0.455. The zero-order valence-electron chi connectivity index (χ0n) is 8.74. The molecule has 0 saturated heterocycles. The summed E-state index contributed by atoms with van der Waals surface area (Å²) < 4.78 is 0. The minimum absolute atomic E-state index is 0.297. The van der Waals surface area contributed by atoms with Gasteiger partial charge in [-0.1, -0.05) is 20.8 Å². The van der Waals surface area contributed by atoms with E-state index in [0.717, 1.165) is 22.5 Å². The first kappa shape index (κ1) is 9.59. The number of fused-ring (bicyclic) bond motifs is 1. The molecule has 2 aromatic rings. The molecule has 0 aliphatic heterocycles. The molecule has 0 bridgehead atoms. The first-order valence-electron chi connectivity index (χ1n) is 4.74. The van der Waals surface area contributed by atoms with Crippen LogP contribution in [-0.2, 0) is 6.42 Å². The van der Waals surface area contributed by atoms with Crippen LogP contribution in [0.25, 0.3) is 10.3 Å². The molecular weight excluding hydrogens is 192 g/mol. The molecule has 0 atom stereocenters. The number of hydrogen-bond acceptors (Lipinski definition) is 3. The number of pyridine rings is 1. The van der Waals surface area contributed by atoms with Gasteiger partial charge in [0.25, 0.3) is 0 Å². The maximum atomic E-state index is 4.58. The molecule has 0 radical (unpaired) electrons. The lowest BCUT2D eigenvalue weighted by Gasteiger charge is -2.16. The van der Waals surface area contributed by atoms with Crippen LogP contribution < -0.4 is 0 Å². The van der Waals surface area contributed by atoms with Crippen molar-refractivity contribution in [3.63, 3.8) is 0 Å². The summed E-state index contributed by atoms with van der Waals surface area (Å²) in [5, 5.41) is 0. The largest absolute Gasteiger partial charge is 0.243 e.